The van der Waals surface area contributed by atoms with Gasteiger partial charge in [0.1, 0.15) is 0 Å². The van der Waals surface area contributed by atoms with Gasteiger partial charge in [-0.1, -0.05) is 35.0 Å². The molecule has 0 radical (unpaired) electrons. The molecule has 1 heterocycles. The zero-order valence-corrected chi connectivity index (χ0v) is 18.0. The summed E-state index contributed by atoms with van der Waals surface area (Å²) in [4.78, 5) is 5.82. The van der Waals surface area contributed by atoms with E-state index >= 15 is 0 Å². The first-order valence-electron chi connectivity index (χ1n) is 7.94. The van der Waals surface area contributed by atoms with Crippen LogP contribution in [0.15, 0.2) is 46.2 Å². The summed E-state index contributed by atoms with van der Waals surface area (Å²) >= 11 is 13.4. The zero-order chi connectivity index (χ0) is 21.6. The van der Waals surface area contributed by atoms with E-state index in [9.17, 15) is 21.6 Å². The van der Waals surface area contributed by atoms with Crippen LogP contribution in [-0.2, 0) is 10.1 Å². The van der Waals surface area contributed by atoms with Gasteiger partial charge in [0.05, 0.1) is 16.2 Å². The number of benzene rings is 2. The Kier molecular flexibility index (Phi) is 5.97. The van der Waals surface area contributed by atoms with Crippen LogP contribution in [0.4, 0.5) is 13.2 Å². The van der Waals surface area contributed by atoms with Crippen molar-refractivity contribution in [1.82, 2.24) is 4.98 Å². The van der Waals surface area contributed by atoms with Crippen LogP contribution in [0.1, 0.15) is 11.3 Å². The van der Waals surface area contributed by atoms with Gasteiger partial charge >= 0.3 is 15.6 Å². The first kappa shape index (κ1) is 22.0. The summed E-state index contributed by atoms with van der Waals surface area (Å²) in [6.45, 7) is 3.36. The van der Waals surface area contributed by atoms with Gasteiger partial charge in [-0.05, 0) is 55.8 Å². The van der Waals surface area contributed by atoms with Crippen molar-refractivity contribution in [3.05, 3.63) is 57.7 Å². The number of rotatable bonds is 4. The molecule has 0 bridgehead atoms. The van der Waals surface area contributed by atoms with Crippen LogP contribution < -0.4 is 4.18 Å². The molecule has 0 saturated heterocycles. The quantitative estimate of drug-likeness (QED) is 0.312. The van der Waals surface area contributed by atoms with Crippen LogP contribution >= 0.6 is 35.0 Å². The van der Waals surface area contributed by atoms with E-state index in [1.54, 1.807) is 38.1 Å². The second kappa shape index (κ2) is 7.86. The lowest BCUT2D eigenvalue weighted by atomic mass is 10.1. The second-order valence-corrected chi connectivity index (χ2v) is 9.42. The Labute approximate surface area is 179 Å². The van der Waals surface area contributed by atoms with Gasteiger partial charge in [-0.3, -0.25) is 4.98 Å². The molecule has 4 nitrogen and oxygen atoms in total. The number of aromatic nitrogens is 1. The number of alkyl halides is 3. The van der Waals surface area contributed by atoms with Gasteiger partial charge < -0.3 is 4.18 Å². The van der Waals surface area contributed by atoms with Crippen LogP contribution in [0.2, 0.25) is 10.0 Å². The normalized spacial score (nSPS) is 12.4. The van der Waals surface area contributed by atoms with Gasteiger partial charge in [0.2, 0.25) is 0 Å². The van der Waals surface area contributed by atoms with E-state index in [0.717, 1.165) is 11.0 Å². The highest BCUT2D eigenvalue weighted by atomic mass is 35.5. The van der Waals surface area contributed by atoms with E-state index in [4.69, 9.17) is 23.2 Å². The van der Waals surface area contributed by atoms with Crippen LogP contribution in [-0.4, -0.2) is 18.9 Å². The van der Waals surface area contributed by atoms with Crippen molar-refractivity contribution in [2.24, 2.45) is 0 Å². The van der Waals surface area contributed by atoms with Crippen molar-refractivity contribution >= 4 is 56.0 Å². The number of nitrogens with zero attached hydrogens (tertiary/aromatic N) is 1. The van der Waals surface area contributed by atoms with Crippen LogP contribution in [0.25, 0.3) is 10.9 Å². The topological polar surface area (TPSA) is 56.3 Å². The molecule has 0 spiro atoms. The van der Waals surface area contributed by atoms with Crippen molar-refractivity contribution in [1.29, 1.82) is 0 Å². The fourth-order valence-electron chi connectivity index (χ4n) is 2.63. The Morgan fingerprint density at radius 3 is 2.24 bits per heavy atom. The largest absolute Gasteiger partial charge is 0.534 e. The van der Waals surface area contributed by atoms with E-state index in [0.29, 0.717) is 21.2 Å². The minimum absolute atomic E-state index is 0.0902. The molecule has 0 aliphatic carbocycles. The standard InChI is InChI=1S/C18H12Cl2F3NO3S2/c1-9-15-14(27-29(25,26)18(21,22)23)8-7-13(20)16(15)24-10(2)17(9)28-12-5-3-11(19)4-6-12/h3-8H,1-2H3. The summed E-state index contributed by atoms with van der Waals surface area (Å²) in [5.74, 6) is -0.496. The van der Waals surface area contributed by atoms with E-state index in [-0.39, 0.29) is 15.9 Å². The van der Waals surface area contributed by atoms with Crippen LogP contribution in [0.3, 0.4) is 0 Å². The maximum Gasteiger partial charge on any atom is 0.534 e. The molecule has 0 atom stereocenters. The average Bonchev–Trinajstić information content (AvgIpc) is 2.61. The van der Waals surface area contributed by atoms with Crippen LogP contribution in [0, 0.1) is 13.8 Å². The lowest BCUT2D eigenvalue weighted by Gasteiger charge is -2.16. The maximum atomic E-state index is 12.8. The number of aryl methyl sites for hydroxylation is 2. The minimum atomic E-state index is -5.85. The number of hydrogen-bond acceptors (Lipinski definition) is 5. The Bertz CT molecular complexity index is 1200. The molecule has 0 fully saturated rings. The predicted molar refractivity (Wildman–Crippen MR) is 107 cm³/mol. The summed E-state index contributed by atoms with van der Waals surface area (Å²) in [6, 6.07) is 9.27. The molecule has 0 saturated carbocycles. The molecule has 0 amide bonds. The van der Waals surface area contributed by atoms with Gasteiger partial charge in [-0.15, -0.1) is 0 Å². The maximum absolute atomic E-state index is 12.8. The highest BCUT2D eigenvalue weighted by Crippen LogP contribution is 2.42. The summed E-state index contributed by atoms with van der Waals surface area (Å²) in [5.41, 5.74) is -4.35. The summed E-state index contributed by atoms with van der Waals surface area (Å²) < 4.78 is 65.8. The van der Waals surface area contributed by atoms with Gasteiger partial charge in [0.25, 0.3) is 0 Å². The third kappa shape index (κ3) is 4.42. The molecule has 2 aromatic carbocycles. The van der Waals surface area contributed by atoms with E-state index in [2.05, 4.69) is 9.17 Å². The molecule has 0 N–H and O–H groups in total. The SMILES string of the molecule is Cc1nc2c(Cl)ccc(OS(=O)(=O)C(F)(F)F)c2c(C)c1Sc1ccc(Cl)cc1. The summed E-state index contributed by atoms with van der Waals surface area (Å²) in [5, 5.41) is 0.803. The van der Waals surface area contributed by atoms with Crippen molar-refractivity contribution in [3.63, 3.8) is 0 Å². The summed E-state index contributed by atoms with van der Waals surface area (Å²) in [6.07, 6.45) is 0. The molecule has 3 rings (SSSR count). The molecule has 154 valence electrons. The second-order valence-electron chi connectivity index (χ2n) is 5.96. The molecule has 0 aliphatic heterocycles. The van der Waals surface area contributed by atoms with Gasteiger partial charge in [-0.25, -0.2) is 0 Å². The smallest absolute Gasteiger partial charge is 0.375 e. The van der Waals surface area contributed by atoms with E-state index in [1.807, 2.05) is 0 Å². The minimum Gasteiger partial charge on any atom is -0.375 e. The predicted octanol–water partition coefficient (Wildman–Crippen LogP) is 6.54. The third-order valence-corrected chi connectivity index (χ3v) is 6.77. The first-order chi connectivity index (χ1) is 13.4. The molecular formula is C18H12Cl2F3NO3S2. The van der Waals surface area contributed by atoms with Crippen molar-refractivity contribution in [2.45, 2.75) is 29.1 Å². The highest BCUT2D eigenvalue weighted by molar-refractivity contribution is 7.99. The number of fused-ring (bicyclic) bond motifs is 1. The molecule has 11 heteroatoms. The van der Waals surface area contributed by atoms with Gasteiger partial charge in [0, 0.05) is 20.2 Å². The van der Waals surface area contributed by atoms with Crippen molar-refractivity contribution < 1.29 is 25.8 Å². The Hall–Kier alpha value is -1.68. The molecule has 1 aromatic heterocycles. The van der Waals surface area contributed by atoms with Gasteiger partial charge in [0.15, 0.2) is 5.75 Å². The molecule has 0 unspecified atom stereocenters. The molecule has 3 aromatic rings. The fraction of sp³-hybridized carbons (Fsp3) is 0.167. The van der Waals surface area contributed by atoms with Crippen molar-refractivity contribution in [2.75, 3.05) is 0 Å². The van der Waals surface area contributed by atoms with Crippen LogP contribution in [0.5, 0.6) is 5.75 Å². The number of halogens is 5. The lowest BCUT2D eigenvalue weighted by Crippen LogP contribution is -2.28. The third-order valence-electron chi connectivity index (χ3n) is 3.93. The Balaban J connectivity index is 2.20. The van der Waals surface area contributed by atoms with E-state index < -0.39 is 21.4 Å². The van der Waals surface area contributed by atoms with E-state index in [1.165, 1.54) is 17.8 Å². The first-order valence-corrected chi connectivity index (χ1v) is 10.9. The molecular weight excluding hydrogens is 470 g/mol. The number of hydrogen-bond donors (Lipinski definition) is 0. The monoisotopic (exact) mass is 481 g/mol. The van der Waals surface area contributed by atoms with Gasteiger partial charge in [-0.2, -0.15) is 21.6 Å². The Morgan fingerprint density at radius 2 is 1.66 bits per heavy atom. The lowest BCUT2D eigenvalue weighted by molar-refractivity contribution is -0.0499. The van der Waals surface area contributed by atoms with Crippen molar-refractivity contribution in [3.8, 4) is 5.75 Å². The fourth-order valence-corrected chi connectivity index (χ4v) is 4.38. The zero-order valence-electron chi connectivity index (χ0n) is 14.8. The summed E-state index contributed by atoms with van der Waals surface area (Å²) in [7, 11) is -5.85. The Morgan fingerprint density at radius 1 is 1.03 bits per heavy atom. The molecule has 0 aliphatic rings. The highest BCUT2D eigenvalue weighted by Gasteiger charge is 2.48. The average molecular weight is 482 g/mol. The molecule has 29 heavy (non-hydrogen) atoms. The number of pyridine rings is 1.